The summed E-state index contributed by atoms with van der Waals surface area (Å²) in [6.07, 6.45) is -0.643. The number of ether oxygens (including phenoxy) is 1. The molecule has 0 saturated carbocycles. The summed E-state index contributed by atoms with van der Waals surface area (Å²) in [5, 5.41) is 15.1. The minimum atomic E-state index is -3.81. The molecule has 0 fully saturated rings. The Bertz CT molecular complexity index is 1530. The van der Waals surface area contributed by atoms with Crippen LogP contribution in [-0.2, 0) is 10.0 Å². The number of nitrogens with one attached hydrogen (secondary N) is 2. The molecule has 4 rings (SSSR count). The fourth-order valence-electron chi connectivity index (χ4n) is 4.59. The molecule has 1 aliphatic heterocycles. The SMILES string of the molecule is Cc1ccc(S(=O)(=O)N(C)C[C@H]2Oc3ccc(NC(=O)Nc4ccc(F)cc4)cc3C(=O)N([C@H](C)CO)C[C@@H]2C)cc1. The topological polar surface area (TPSA) is 128 Å². The molecule has 224 valence electrons. The summed E-state index contributed by atoms with van der Waals surface area (Å²) in [6.45, 7) is 5.38. The zero-order chi connectivity index (χ0) is 30.6. The predicted molar refractivity (Wildman–Crippen MR) is 158 cm³/mol. The van der Waals surface area contributed by atoms with Gasteiger partial charge in [-0.15, -0.1) is 0 Å². The van der Waals surface area contributed by atoms with Gasteiger partial charge in [0.2, 0.25) is 10.0 Å². The van der Waals surface area contributed by atoms with Crippen LogP contribution in [0.15, 0.2) is 71.6 Å². The number of carbonyl (C=O) groups excluding carboxylic acids is 2. The predicted octanol–water partition coefficient (Wildman–Crippen LogP) is 4.32. The van der Waals surface area contributed by atoms with Crippen molar-refractivity contribution < 1.29 is 32.2 Å². The van der Waals surface area contributed by atoms with Crippen LogP contribution < -0.4 is 15.4 Å². The smallest absolute Gasteiger partial charge is 0.323 e. The maximum atomic E-state index is 13.7. The second-order valence-electron chi connectivity index (χ2n) is 10.5. The van der Waals surface area contributed by atoms with Crippen molar-refractivity contribution in [2.45, 2.75) is 37.8 Å². The van der Waals surface area contributed by atoms with Gasteiger partial charge in [-0.05, 0) is 68.4 Å². The van der Waals surface area contributed by atoms with E-state index in [1.165, 1.54) is 46.6 Å². The Morgan fingerprint density at radius 2 is 1.71 bits per heavy atom. The number of carbonyl (C=O) groups is 2. The lowest BCUT2D eigenvalue weighted by atomic mass is 9.99. The normalized spacial score (nSPS) is 18.0. The van der Waals surface area contributed by atoms with Crippen molar-refractivity contribution >= 4 is 33.3 Å². The van der Waals surface area contributed by atoms with Gasteiger partial charge in [-0.1, -0.05) is 24.6 Å². The van der Waals surface area contributed by atoms with E-state index in [0.717, 1.165) is 5.56 Å². The highest BCUT2D eigenvalue weighted by atomic mass is 32.2. The Kier molecular flexibility index (Phi) is 9.50. The lowest BCUT2D eigenvalue weighted by Crippen LogP contribution is -2.50. The molecule has 3 aromatic rings. The number of halogens is 1. The van der Waals surface area contributed by atoms with Crippen molar-refractivity contribution in [2.24, 2.45) is 5.92 Å². The van der Waals surface area contributed by atoms with Crippen LogP contribution in [0.25, 0.3) is 0 Å². The number of aryl methyl sites for hydroxylation is 1. The third-order valence-electron chi connectivity index (χ3n) is 7.19. The van der Waals surface area contributed by atoms with Gasteiger partial charge in [0.05, 0.1) is 29.7 Å². The molecule has 3 N–H and O–H groups in total. The first-order valence-electron chi connectivity index (χ1n) is 13.5. The number of aliphatic hydroxyl groups is 1. The Morgan fingerprint density at radius 1 is 1.10 bits per heavy atom. The van der Waals surface area contributed by atoms with Crippen LogP contribution in [0.2, 0.25) is 0 Å². The molecule has 0 saturated heterocycles. The van der Waals surface area contributed by atoms with Gasteiger partial charge >= 0.3 is 6.03 Å². The van der Waals surface area contributed by atoms with Crippen molar-refractivity contribution in [2.75, 3.05) is 37.4 Å². The third kappa shape index (κ3) is 7.07. The number of benzene rings is 3. The number of amides is 3. The fraction of sp³-hybridized carbons (Fsp3) is 0.333. The lowest BCUT2D eigenvalue weighted by molar-refractivity contribution is 0.0387. The van der Waals surface area contributed by atoms with Crippen molar-refractivity contribution in [1.29, 1.82) is 0 Å². The Balaban J connectivity index is 1.61. The van der Waals surface area contributed by atoms with Gasteiger partial charge in [0.15, 0.2) is 0 Å². The van der Waals surface area contributed by atoms with E-state index in [1.54, 1.807) is 43.3 Å². The van der Waals surface area contributed by atoms with E-state index >= 15 is 0 Å². The quantitative estimate of drug-likeness (QED) is 0.354. The fourth-order valence-corrected chi connectivity index (χ4v) is 5.77. The monoisotopic (exact) mass is 598 g/mol. The first-order valence-corrected chi connectivity index (χ1v) is 14.9. The summed E-state index contributed by atoms with van der Waals surface area (Å²) >= 11 is 0. The van der Waals surface area contributed by atoms with E-state index < -0.39 is 39.9 Å². The van der Waals surface area contributed by atoms with E-state index in [1.807, 2.05) is 13.8 Å². The van der Waals surface area contributed by atoms with Crippen molar-refractivity contribution in [3.05, 3.63) is 83.7 Å². The van der Waals surface area contributed by atoms with Gasteiger partial charge in [0, 0.05) is 30.9 Å². The van der Waals surface area contributed by atoms with Crippen LogP contribution >= 0.6 is 0 Å². The molecule has 1 heterocycles. The number of likely N-dealkylation sites (N-methyl/N-ethyl adjacent to an activating group) is 1. The van der Waals surface area contributed by atoms with E-state index in [2.05, 4.69) is 10.6 Å². The van der Waals surface area contributed by atoms with E-state index in [9.17, 15) is 27.5 Å². The highest BCUT2D eigenvalue weighted by molar-refractivity contribution is 7.89. The highest BCUT2D eigenvalue weighted by Gasteiger charge is 2.35. The number of aliphatic hydroxyl groups excluding tert-OH is 1. The maximum Gasteiger partial charge on any atom is 0.323 e. The third-order valence-corrected chi connectivity index (χ3v) is 9.03. The number of fused-ring (bicyclic) bond motifs is 1. The van der Waals surface area contributed by atoms with Gasteiger partial charge < -0.3 is 25.4 Å². The van der Waals surface area contributed by atoms with Gasteiger partial charge in [0.1, 0.15) is 17.7 Å². The van der Waals surface area contributed by atoms with Crippen molar-refractivity contribution in [3.8, 4) is 5.75 Å². The standard InChI is InChI=1S/C30H35FN4O6S/c1-19-5-12-25(13-6-19)42(39,40)34(4)17-28-20(2)16-35(21(3)18-36)29(37)26-15-24(11-14-27(26)41-28)33-30(38)32-23-9-7-22(31)8-10-23/h5-15,20-21,28,36H,16-18H2,1-4H3,(H2,32,33,38)/t20-,21+,28+/m0/s1. The van der Waals surface area contributed by atoms with Crippen LogP contribution in [0.4, 0.5) is 20.6 Å². The van der Waals surface area contributed by atoms with E-state index in [-0.39, 0.29) is 41.8 Å². The Labute approximate surface area is 245 Å². The van der Waals surface area contributed by atoms with Crippen LogP contribution in [0.5, 0.6) is 5.75 Å². The molecule has 0 aromatic heterocycles. The summed E-state index contributed by atoms with van der Waals surface area (Å²) in [4.78, 5) is 27.9. The molecule has 0 aliphatic carbocycles. The van der Waals surface area contributed by atoms with Gasteiger partial charge in [-0.25, -0.2) is 17.6 Å². The number of rotatable bonds is 8. The lowest BCUT2D eigenvalue weighted by Gasteiger charge is -2.38. The molecule has 0 radical (unpaired) electrons. The average molecular weight is 599 g/mol. The molecule has 42 heavy (non-hydrogen) atoms. The average Bonchev–Trinajstić information content (AvgIpc) is 2.96. The summed E-state index contributed by atoms with van der Waals surface area (Å²) in [6, 6.07) is 15.3. The number of nitrogens with zero attached hydrogens (tertiary/aromatic N) is 2. The minimum absolute atomic E-state index is 0.00638. The Morgan fingerprint density at radius 3 is 2.36 bits per heavy atom. The molecule has 10 nitrogen and oxygen atoms in total. The van der Waals surface area contributed by atoms with Gasteiger partial charge in [-0.3, -0.25) is 4.79 Å². The van der Waals surface area contributed by atoms with Crippen LogP contribution in [-0.4, -0.2) is 73.6 Å². The molecular weight excluding hydrogens is 563 g/mol. The van der Waals surface area contributed by atoms with Gasteiger partial charge in [-0.2, -0.15) is 4.31 Å². The maximum absolute atomic E-state index is 13.7. The second kappa shape index (κ2) is 12.9. The number of urea groups is 1. The first kappa shape index (κ1) is 30.9. The summed E-state index contributed by atoms with van der Waals surface area (Å²) < 4.78 is 47.3. The largest absolute Gasteiger partial charge is 0.488 e. The molecule has 12 heteroatoms. The molecule has 3 aromatic carbocycles. The van der Waals surface area contributed by atoms with Crippen molar-refractivity contribution in [3.63, 3.8) is 0 Å². The zero-order valence-electron chi connectivity index (χ0n) is 23.9. The number of anilines is 2. The second-order valence-corrected chi connectivity index (χ2v) is 12.6. The van der Waals surface area contributed by atoms with Gasteiger partial charge in [0.25, 0.3) is 5.91 Å². The van der Waals surface area contributed by atoms with Crippen molar-refractivity contribution in [1.82, 2.24) is 9.21 Å². The molecule has 1 aliphatic rings. The zero-order valence-corrected chi connectivity index (χ0v) is 24.7. The van der Waals surface area contributed by atoms with E-state index in [0.29, 0.717) is 11.4 Å². The van der Waals surface area contributed by atoms with E-state index in [4.69, 9.17) is 4.74 Å². The first-order chi connectivity index (χ1) is 19.9. The number of hydrogen-bond acceptors (Lipinski definition) is 6. The summed E-state index contributed by atoms with van der Waals surface area (Å²) in [5.74, 6) is -0.919. The summed E-state index contributed by atoms with van der Waals surface area (Å²) in [5.41, 5.74) is 1.76. The summed E-state index contributed by atoms with van der Waals surface area (Å²) in [7, 11) is -2.33. The Hall–Kier alpha value is -4.00. The minimum Gasteiger partial charge on any atom is -0.488 e. The van der Waals surface area contributed by atoms with Crippen LogP contribution in [0, 0.1) is 18.7 Å². The number of hydrogen-bond donors (Lipinski definition) is 3. The van der Waals surface area contributed by atoms with Crippen LogP contribution in [0.1, 0.15) is 29.8 Å². The molecule has 0 unspecified atom stereocenters. The molecule has 3 amide bonds. The molecule has 0 bridgehead atoms. The number of sulfonamides is 1. The molecular formula is C30H35FN4O6S. The molecule has 3 atom stereocenters. The molecule has 0 spiro atoms. The van der Waals surface area contributed by atoms with Crippen LogP contribution in [0.3, 0.4) is 0 Å². The highest BCUT2D eigenvalue weighted by Crippen LogP contribution is 2.31.